The van der Waals surface area contributed by atoms with Crippen LogP contribution in [-0.2, 0) is 0 Å². The van der Waals surface area contributed by atoms with Crippen LogP contribution in [0, 0.1) is 5.92 Å². The predicted molar refractivity (Wildman–Crippen MR) is 83.8 cm³/mol. The first-order valence-corrected chi connectivity index (χ1v) is 7.43. The fourth-order valence-electron chi connectivity index (χ4n) is 3.06. The van der Waals surface area contributed by atoms with Gasteiger partial charge in [0.25, 0.3) is 0 Å². The van der Waals surface area contributed by atoms with Crippen LogP contribution < -0.4 is 9.64 Å². The highest BCUT2D eigenvalue weighted by atomic mass is 16.5. The standard InChI is InChI=1S/C17H21N3O/c1-13-8-10-20(15-7-9-18-19-11-15)12-17(13)14-3-5-16(21-2)6-4-14/h3-7,9,11,13,17H,8,10,12H2,1-2H3. The molecule has 21 heavy (non-hydrogen) atoms. The third kappa shape index (κ3) is 2.99. The Balaban J connectivity index is 1.80. The van der Waals surface area contributed by atoms with Gasteiger partial charge in [-0.3, -0.25) is 0 Å². The van der Waals surface area contributed by atoms with Crippen molar-refractivity contribution in [1.82, 2.24) is 10.2 Å². The van der Waals surface area contributed by atoms with Crippen molar-refractivity contribution in [2.75, 3.05) is 25.1 Å². The molecule has 4 nitrogen and oxygen atoms in total. The molecule has 1 aromatic carbocycles. The third-order valence-corrected chi connectivity index (χ3v) is 4.44. The van der Waals surface area contributed by atoms with E-state index in [0.29, 0.717) is 11.8 Å². The van der Waals surface area contributed by atoms with Crippen molar-refractivity contribution in [3.8, 4) is 5.75 Å². The number of ether oxygens (including phenoxy) is 1. The van der Waals surface area contributed by atoms with E-state index in [9.17, 15) is 0 Å². The number of hydrogen-bond acceptors (Lipinski definition) is 4. The number of benzene rings is 1. The lowest BCUT2D eigenvalue weighted by molar-refractivity contribution is 0.378. The molecule has 0 aliphatic carbocycles. The van der Waals surface area contributed by atoms with Crippen LogP contribution in [-0.4, -0.2) is 30.4 Å². The molecule has 0 saturated carbocycles. The van der Waals surface area contributed by atoms with E-state index in [0.717, 1.165) is 24.5 Å². The van der Waals surface area contributed by atoms with Gasteiger partial charge in [0.2, 0.25) is 0 Å². The van der Waals surface area contributed by atoms with E-state index < -0.39 is 0 Å². The van der Waals surface area contributed by atoms with Gasteiger partial charge in [0.1, 0.15) is 5.75 Å². The molecule has 0 N–H and O–H groups in total. The third-order valence-electron chi connectivity index (χ3n) is 4.44. The summed E-state index contributed by atoms with van der Waals surface area (Å²) >= 11 is 0. The Morgan fingerprint density at radius 3 is 2.62 bits per heavy atom. The van der Waals surface area contributed by atoms with Crippen molar-refractivity contribution in [3.05, 3.63) is 48.3 Å². The highest BCUT2D eigenvalue weighted by molar-refractivity contribution is 5.44. The zero-order valence-corrected chi connectivity index (χ0v) is 12.6. The molecule has 2 aromatic rings. The molecule has 3 rings (SSSR count). The second-order valence-corrected chi connectivity index (χ2v) is 5.69. The maximum absolute atomic E-state index is 5.25. The molecule has 4 heteroatoms. The zero-order valence-electron chi connectivity index (χ0n) is 12.6. The first kappa shape index (κ1) is 13.9. The fourth-order valence-corrected chi connectivity index (χ4v) is 3.06. The highest BCUT2D eigenvalue weighted by Gasteiger charge is 2.27. The van der Waals surface area contributed by atoms with Crippen molar-refractivity contribution < 1.29 is 4.74 Å². The number of hydrogen-bond donors (Lipinski definition) is 0. The summed E-state index contributed by atoms with van der Waals surface area (Å²) in [5.74, 6) is 2.14. The summed E-state index contributed by atoms with van der Waals surface area (Å²) in [6, 6.07) is 10.5. The minimum Gasteiger partial charge on any atom is -0.497 e. The Morgan fingerprint density at radius 2 is 1.95 bits per heavy atom. The average molecular weight is 283 g/mol. The summed E-state index contributed by atoms with van der Waals surface area (Å²) in [6.07, 6.45) is 4.80. The molecule has 1 fully saturated rings. The lowest BCUT2D eigenvalue weighted by Crippen LogP contribution is -2.38. The van der Waals surface area contributed by atoms with Crippen molar-refractivity contribution in [2.24, 2.45) is 5.92 Å². The van der Waals surface area contributed by atoms with Gasteiger partial charge >= 0.3 is 0 Å². The number of aromatic nitrogens is 2. The van der Waals surface area contributed by atoms with Gasteiger partial charge in [-0.05, 0) is 36.1 Å². The van der Waals surface area contributed by atoms with Crippen LogP contribution in [0.25, 0.3) is 0 Å². The monoisotopic (exact) mass is 283 g/mol. The first-order chi connectivity index (χ1) is 10.3. The van der Waals surface area contributed by atoms with E-state index in [1.165, 1.54) is 12.0 Å². The number of nitrogens with zero attached hydrogens (tertiary/aromatic N) is 3. The summed E-state index contributed by atoms with van der Waals surface area (Å²) in [6.45, 7) is 4.45. The molecule has 0 radical (unpaired) electrons. The average Bonchev–Trinajstić information content (AvgIpc) is 2.56. The van der Waals surface area contributed by atoms with Gasteiger partial charge < -0.3 is 9.64 Å². The molecule has 2 heterocycles. The second-order valence-electron chi connectivity index (χ2n) is 5.69. The zero-order chi connectivity index (χ0) is 14.7. The summed E-state index contributed by atoms with van der Waals surface area (Å²) < 4.78 is 5.25. The molecule has 2 unspecified atom stereocenters. The number of anilines is 1. The van der Waals surface area contributed by atoms with Crippen LogP contribution in [0.2, 0.25) is 0 Å². The number of rotatable bonds is 3. The van der Waals surface area contributed by atoms with Crippen LogP contribution in [0.1, 0.15) is 24.8 Å². The quantitative estimate of drug-likeness (QED) is 0.867. The summed E-state index contributed by atoms with van der Waals surface area (Å²) in [5, 5.41) is 7.85. The second kappa shape index (κ2) is 6.12. The van der Waals surface area contributed by atoms with E-state index in [4.69, 9.17) is 4.74 Å². The molecule has 110 valence electrons. The molecule has 2 atom stereocenters. The molecule has 1 saturated heterocycles. The molecular formula is C17H21N3O. The molecule has 1 aromatic heterocycles. The Hall–Kier alpha value is -2.10. The van der Waals surface area contributed by atoms with Crippen LogP contribution in [0.5, 0.6) is 5.75 Å². The van der Waals surface area contributed by atoms with Crippen molar-refractivity contribution >= 4 is 5.69 Å². The van der Waals surface area contributed by atoms with Gasteiger partial charge in [0.15, 0.2) is 0 Å². The minimum atomic E-state index is 0.540. The summed E-state index contributed by atoms with van der Waals surface area (Å²) in [5.41, 5.74) is 2.55. The Morgan fingerprint density at radius 1 is 1.14 bits per heavy atom. The predicted octanol–water partition coefficient (Wildman–Crippen LogP) is 3.12. The minimum absolute atomic E-state index is 0.540. The van der Waals surface area contributed by atoms with E-state index in [2.05, 4.69) is 46.3 Å². The van der Waals surface area contributed by atoms with Gasteiger partial charge in [-0.15, -0.1) is 0 Å². The molecule has 1 aliphatic heterocycles. The maximum atomic E-state index is 5.25. The van der Waals surface area contributed by atoms with Crippen molar-refractivity contribution in [3.63, 3.8) is 0 Å². The molecule has 1 aliphatic rings. The first-order valence-electron chi connectivity index (χ1n) is 7.43. The smallest absolute Gasteiger partial charge is 0.118 e. The highest BCUT2D eigenvalue weighted by Crippen LogP contribution is 2.34. The van der Waals surface area contributed by atoms with E-state index >= 15 is 0 Å². The van der Waals surface area contributed by atoms with Crippen molar-refractivity contribution in [1.29, 1.82) is 0 Å². The van der Waals surface area contributed by atoms with Crippen molar-refractivity contribution in [2.45, 2.75) is 19.3 Å². The topological polar surface area (TPSA) is 38.2 Å². The van der Waals surface area contributed by atoms with Crippen LogP contribution in [0.15, 0.2) is 42.7 Å². The molecule has 0 bridgehead atoms. The molecular weight excluding hydrogens is 262 g/mol. The Labute approximate surface area is 125 Å². The van der Waals surface area contributed by atoms with Crippen LogP contribution >= 0.6 is 0 Å². The maximum Gasteiger partial charge on any atom is 0.118 e. The van der Waals surface area contributed by atoms with Gasteiger partial charge in [0.05, 0.1) is 25.2 Å². The van der Waals surface area contributed by atoms with Gasteiger partial charge in [-0.2, -0.15) is 10.2 Å². The lowest BCUT2D eigenvalue weighted by Gasteiger charge is -2.38. The van der Waals surface area contributed by atoms with Crippen LogP contribution in [0.3, 0.4) is 0 Å². The number of piperidine rings is 1. The van der Waals surface area contributed by atoms with E-state index in [1.807, 2.05) is 12.3 Å². The van der Waals surface area contributed by atoms with E-state index in [1.54, 1.807) is 13.3 Å². The summed E-state index contributed by atoms with van der Waals surface area (Å²) in [7, 11) is 1.70. The fraction of sp³-hybridized carbons (Fsp3) is 0.412. The van der Waals surface area contributed by atoms with Crippen LogP contribution in [0.4, 0.5) is 5.69 Å². The normalized spacial score (nSPS) is 22.1. The molecule has 0 spiro atoms. The van der Waals surface area contributed by atoms with E-state index in [-0.39, 0.29) is 0 Å². The van der Waals surface area contributed by atoms with Gasteiger partial charge in [0, 0.05) is 19.0 Å². The van der Waals surface area contributed by atoms with Gasteiger partial charge in [-0.1, -0.05) is 19.1 Å². The SMILES string of the molecule is COc1ccc(C2CN(c3ccnnc3)CCC2C)cc1. The largest absolute Gasteiger partial charge is 0.497 e. The summed E-state index contributed by atoms with van der Waals surface area (Å²) in [4.78, 5) is 2.41. The lowest BCUT2D eigenvalue weighted by atomic mass is 9.82. The Kier molecular flexibility index (Phi) is 4.04. The van der Waals surface area contributed by atoms with Gasteiger partial charge in [-0.25, -0.2) is 0 Å². The molecule has 0 amide bonds. The number of methoxy groups -OCH3 is 1. The Bertz CT molecular complexity index is 570.